The van der Waals surface area contributed by atoms with Crippen molar-refractivity contribution in [2.45, 2.75) is 39.8 Å². The number of ether oxygens (including phenoxy) is 1. The van der Waals surface area contributed by atoms with E-state index >= 15 is 0 Å². The molecule has 0 fully saturated rings. The Morgan fingerprint density at radius 1 is 1.30 bits per heavy atom. The molecule has 1 unspecified atom stereocenters. The van der Waals surface area contributed by atoms with Gasteiger partial charge in [-0.25, -0.2) is 0 Å². The number of carbonyl (C=O) groups is 1. The number of carbonyl (C=O) groups excluding carboxylic acids is 1. The highest BCUT2D eigenvalue weighted by molar-refractivity contribution is 7.13. The number of aromatic nitrogens is 2. The molecule has 0 spiro atoms. The van der Waals surface area contributed by atoms with E-state index in [1.807, 2.05) is 56.5 Å². The summed E-state index contributed by atoms with van der Waals surface area (Å²) in [5.74, 6) is 1.56. The van der Waals surface area contributed by atoms with Crippen LogP contribution in [-0.4, -0.2) is 34.1 Å². The maximum Gasteiger partial charge on any atom is 0.263 e. The van der Waals surface area contributed by atoms with Crippen molar-refractivity contribution < 1.29 is 14.1 Å². The van der Waals surface area contributed by atoms with Gasteiger partial charge in [-0.1, -0.05) is 30.3 Å². The average Bonchev–Trinajstić information content (AvgIpc) is 3.34. The van der Waals surface area contributed by atoms with Crippen LogP contribution in [-0.2, 0) is 11.3 Å². The first-order chi connectivity index (χ1) is 13.0. The van der Waals surface area contributed by atoms with Gasteiger partial charge in [0.2, 0.25) is 11.7 Å². The number of nitrogens with zero attached hydrogens (tertiary/aromatic N) is 3. The van der Waals surface area contributed by atoms with Crippen LogP contribution in [0.25, 0.3) is 10.7 Å². The van der Waals surface area contributed by atoms with E-state index in [-0.39, 0.29) is 12.5 Å². The standard InChI is InChI=1S/C20H23N3O3S/c1-5-15(25-16-9-6-8-13(2)14(16)3)20(24)23(4)12-18-21-19(22-26-18)17-10-7-11-27-17/h6-11,15H,5,12H2,1-4H3. The predicted octanol–water partition coefficient (Wildman–Crippen LogP) is 4.23. The summed E-state index contributed by atoms with van der Waals surface area (Å²) in [5, 5.41) is 5.94. The number of likely N-dealkylation sites (N-methyl/N-ethyl adjacent to an activating group) is 1. The Kier molecular flexibility index (Phi) is 5.91. The van der Waals surface area contributed by atoms with Gasteiger partial charge >= 0.3 is 0 Å². The lowest BCUT2D eigenvalue weighted by Crippen LogP contribution is -2.39. The molecule has 1 aromatic carbocycles. The zero-order chi connectivity index (χ0) is 19.4. The summed E-state index contributed by atoms with van der Waals surface area (Å²) in [6.45, 7) is 6.20. The molecule has 27 heavy (non-hydrogen) atoms. The summed E-state index contributed by atoms with van der Waals surface area (Å²) in [6, 6.07) is 9.71. The molecule has 6 nitrogen and oxygen atoms in total. The van der Waals surface area contributed by atoms with Crippen LogP contribution in [0.1, 0.15) is 30.4 Å². The zero-order valence-electron chi connectivity index (χ0n) is 15.9. The minimum Gasteiger partial charge on any atom is -0.480 e. The first-order valence-electron chi connectivity index (χ1n) is 8.84. The molecule has 2 heterocycles. The number of benzene rings is 1. The topological polar surface area (TPSA) is 68.5 Å². The van der Waals surface area contributed by atoms with Crippen molar-refractivity contribution in [3.63, 3.8) is 0 Å². The molecule has 0 radical (unpaired) electrons. The van der Waals surface area contributed by atoms with Crippen LogP contribution in [0.5, 0.6) is 5.75 Å². The molecule has 0 aliphatic rings. The lowest BCUT2D eigenvalue weighted by atomic mass is 10.1. The minimum atomic E-state index is -0.560. The van der Waals surface area contributed by atoms with Crippen LogP contribution in [0.3, 0.4) is 0 Å². The zero-order valence-corrected chi connectivity index (χ0v) is 16.7. The molecule has 3 aromatic rings. The van der Waals surface area contributed by atoms with Gasteiger partial charge in [0, 0.05) is 7.05 Å². The smallest absolute Gasteiger partial charge is 0.263 e. The van der Waals surface area contributed by atoms with Crippen LogP contribution >= 0.6 is 11.3 Å². The molecule has 7 heteroatoms. The monoisotopic (exact) mass is 385 g/mol. The number of hydrogen-bond donors (Lipinski definition) is 0. The number of hydrogen-bond acceptors (Lipinski definition) is 6. The van der Waals surface area contributed by atoms with Crippen LogP contribution in [0.15, 0.2) is 40.2 Å². The molecule has 0 aliphatic heterocycles. The number of thiophene rings is 1. The maximum atomic E-state index is 12.8. The Morgan fingerprint density at radius 2 is 2.11 bits per heavy atom. The van der Waals surface area contributed by atoms with E-state index < -0.39 is 6.10 Å². The van der Waals surface area contributed by atoms with Crippen LogP contribution in [0.4, 0.5) is 0 Å². The molecular formula is C20H23N3O3S. The fraction of sp³-hybridized carbons (Fsp3) is 0.350. The fourth-order valence-electron chi connectivity index (χ4n) is 2.67. The highest BCUT2D eigenvalue weighted by Gasteiger charge is 2.24. The highest BCUT2D eigenvalue weighted by atomic mass is 32.1. The molecule has 0 saturated heterocycles. The van der Waals surface area contributed by atoms with E-state index in [1.54, 1.807) is 23.3 Å². The second-order valence-corrected chi connectivity index (χ2v) is 7.34. The third kappa shape index (κ3) is 4.36. The van der Waals surface area contributed by atoms with Gasteiger partial charge in [0.15, 0.2) is 6.10 Å². The summed E-state index contributed by atoms with van der Waals surface area (Å²) < 4.78 is 11.3. The van der Waals surface area contributed by atoms with Gasteiger partial charge in [0.1, 0.15) is 5.75 Å². The third-order valence-electron chi connectivity index (χ3n) is 4.43. The Balaban J connectivity index is 1.67. The van der Waals surface area contributed by atoms with Crippen molar-refractivity contribution in [3.05, 3.63) is 52.7 Å². The molecule has 0 saturated carbocycles. The van der Waals surface area contributed by atoms with E-state index in [2.05, 4.69) is 10.1 Å². The molecule has 3 rings (SSSR count). The van der Waals surface area contributed by atoms with Gasteiger partial charge in [0.05, 0.1) is 11.4 Å². The van der Waals surface area contributed by atoms with Gasteiger partial charge in [-0.2, -0.15) is 4.98 Å². The molecule has 1 amide bonds. The maximum absolute atomic E-state index is 12.8. The van der Waals surface area contributed by atoms with E-state index in [9.17, 15) is 4.79 Å². The molecule has 0 aliphatic carbocycles. The molecule has 0 N–H and O–H groups in total. The van der Waals surface area contributed by atoms with Crippen LogP contribution in [0, 0.1) is 13.8 Å². The van der Waals surface area contributed by atoms with E-state index in [1.165, 1.54) is 0 Å². The summed E-state index contributed by atoms with van der Waals surface area (Å²) in [6.07, 6.45) is 0.0103. The Morgan fingerprint density at radius 3 is 2.81 bits per heavy atom. The van der Waals surface area contributed by atoms with E-state index in [0.29, 0.717) is 18.1 Å². The van der Waals surface area contributed by atoms with Crippen molar-refractivity contribution in [1.82, 2.24) is 15.0 Å². The number of rotatable bonds is 7. The summed E-state index contributed by atoms with van der Waals surface area (Å²) >= 11 is 1.54. The quantitative estimate of drug-likeness (QED) is 0.609. The highest BCUT2D eigenvalue weighted by Crippen LogP contribution is 2.24. The Labute approximate surface area is 162 Å². The van der Waals surface area contributed by atoms with Crippen molar-refractivity contribution in [1.29, 1.82) is 0 Å². The average molecular weight is 385 g/mol. The van der Waals surface area contributed by atoms with Crippen LogP contribution in [0.2, 0.25) is 0 Å². The lowest BCUT2D eigenvalue weighted by Gasteiger charge is -2.23. The van der Waals surface area contributed by atoms with Crippen molar-refractivity contribution in [2.24, 2.45) is 0 Å². The summed E-state index contributed by atoms with van der Waals surface area (Å²) in [4.78, 5) is 19.7. The minimum absolute atomic E-state index is 0.116. The SMILES string of the molecule is CCC(Oc1cccc(C)c1C)C(=O)N(C)Cc1nc(-c2cccs2)no1. The van der Waals surface area contributed by atoms with Gasteiger partial charge in [-0.05, 0) is 48.9 Å². The van der Waals surface area contributed by atoms with E-state index in [4.69, 9.17) is 9.26 Å². The van der Waals surface area contributed by atoms with Gasteiger partial charge < -0.3 is 14.2 Å². The second kappa shape index (κ2) is 8.35. The lowest BCUT2D eigenvalue weighted by molar-refractivity contribution is -0.138. The molecule has 1 atom stereocenters. The van der Waals surface area contributed by atoms with Crippen LogP contribution < -0.4 is 4.74 Å². The first-order valence-corrected chi connectivity index (χ1v) is 9.71. The molecule has 0 bridgehead atoms. The molecule has 2 aromatic heterocycles. The molecule has 142 valence electrons. The van der Waals surface area contributed by atoms with Gasteiger partial charge in [0.25, 0.3) is 5.91 Å². The third-order valence-corrected chi connectivity index (χ3v) is 5.29. The Bertz CT molecular complexity index is 905. The van der Waals surface area contributed by atoms with Gasteiger partial charge in [-0.15, -0.1) is 11.3 Å². The fourth-order valence-corrected chi connectivity index (χ4v) is 3.31. The predicted molar refractivity (Wildman–Crippen MR) is 105 cm³/mol. The van der Waals surface area contributed by atoms with Crippen molar-refractivity contribution in [3.8, 4) is 16.5 Å². The second-order valence-electron chi connectivity index (χ2n) is 6.40. The van der Waals surface area contributed by atoms with E-state index in [0.717, 1.165) is 21.8 Å². The first kappa shape index (κ1) is 19.1. The largest absolute Gasteiger partial charge is 0.480 e. The Hall–Kier alpha value is -2.67. The summed E-state index contributed by atoms with van der Waals surface area (Å²) in [7, 11) is 1.71. The molecular weight excluding hydrogens is 362 g/mol. The van der Waals surface area contributed by atoms with Crippen molar-refractivity contribution in [2.75, 3.05) is 7.05 Å². The normalized spacial score (nSPS) is 12.0. The van der Waals surface area contributed by atoms with Crippen molar-refractivity contribution >= 4 is 17.2 Å². The number of aryl methyl sites for hydroxylation is 1. The van der Waals surface area contributed by atoms with Gasteiger partial charge in [-0.3, -0.25) is 4.79 Å². The summed E-state index contributed by atoms with van der Waals surface area (Å²) in [5.41, 5.74) is 2.18. The number of amides is 1.